The summed E-state index contributed by atoms with van der Waals surface area (Å²) < 4.78 is 10.9. The molecule has 1 aromatic carbocycles. The SMILES string of the molecule is CC[C@]1(CCC(=O)OC)CCC(=O)N2[C@H](c3ccccc3)CO[C@@H]21. The van der Waals surface area contributed by atoms with Crippen molar-refractivity contribution in [3.63, 3.8) is 0 Å². The summed E-state index contributed by atoms with van der Waals surface area (Å²) in [5, 5.41) is 0. The fourth-order valence-electron chi connectivity index (χ4n) is 4.05. The number of amides is 1. The van der Waals surface area contributed by atoms with Gasteiger partial charge in [-0.25, -0.2) is 0 Å². The smallest absolute Gasteiger partial charge is 0.305 e. The van der Waals surface area contributed by atoms with Crippen LogP contribution in [-0.2, 0) is 19.1 Å². The third kappa shape index (κ3) is 2.93. The van der Waals surface area contributed by atoms with E-state index in [1.54, 1.807) is 0 Å². The molecular formula is C19H25NO4. The monoisotopic (exact) mass is 331 g/mol. The van der Waals surface area contributed by atoms with Gasteiger partial charge in [0.05, 0.1) is 19.8 Å². The normalized spacial score (nSPS) is 29.4. The number of rotatable bonds is 5. The molecule has 2 aliphatic heterocycles. The first kappa shape index (κ1) is 17.0. The number of esters is 1. The average molecular weight is 331 g/mol. The number of fused-ring (bicyclic) bond motifs is 1. The van der Waals surface area contributed by atoms with E-state index in [1.807, 2.05) is 35.2 Å². The van der Waals surface area contributed by atoms with Gasteiger partial charge < -0.3 is 14.4 Å². The Kier molecular flexibility index (Phi) is 4.90. The highest BCUT2D eigenvalue weighted by Crippen LogP contribution is 2.49. The summed E-state index contributed by atoms with van der Waals surface area (Å²) in [6, 6.07) is 10.00. The van der Waals surface area contributed by atoms with Crippen molar-refractivity contribution in [1.29, 1.82) is 0 Å². The van der Waals surface area contributed by atoms with Crippen LogP contribution in [0.3, 0.4) is 0 Å². The molecule has 0 unspecified atom stereocenters. The lowest BCUT2D eigenvalue weighted by atomic mass is 9.72. The Balaban J connectivity index is 1.85. The Hall–Kier alpha value is -1.88. The minimum atomic E-state index is -0.251. The molecule has 5 heteroatoms. The van der Waals surface area contributed by atoms with Crippen LogP contribution in [0.25, 0.3) is 0 Å². The highest BCUT2D eigenvalue weighted by Gasteiger charge is 2.53. The lowest BCUT2D eigenvalue weighted by Crippen LogP contribution is -2.52. The van der Waals surface area contributed by atoms with Crippen LogP contribution in [0.1, 0.15) is 50.6 Å². The van der Waals surface area contributed by atoms with E-state index < -0.39 is 0 Å². The molecule has 0 saturated carbocycles. The zero-order valence-electron chi connectivity index (χ0n) is 14.4. The number of carbonyl (C=O) groups excluding carboxylic acids is 2. The van der Waals surface area contributed by atoms with Gasteiger partial charge in [0.25, 0.3) is 0 Å². The first-order valence-corrected chi connectivity index (χ1v) is 8.66. The van der Waals surface area contributed by atoms with E-state index in [4.69, 9.17) is 9.47 Å². The standard InChI is InChI=1S/C19H25NO4/c1-3-19(12-10-17(22)23-2)11-9-16(21)20-15(13-24-18(19)20)14-7-5-4-6-8-14/h4-8,15,18H,3,9-13H2,1-2H3/t15-,18+,19+/m0/s1. The van der Waals surface area contributed by atoms with E-state index in [0.29, 0.717) is 25.9 Å². The number of benzene rings is 1. The number of methoxy groups -OCH3 is 1. The zero-order valence-corrected chi connectivity index (χ0v) is 14.4. The maximum Gasteiger partial charge on any atom is 0.305 e. The molecule has 3 atom stereocenters. The molecule has 1 aromatic rings. The number of hydrogen-bond donors (Lipinski definition) is 0. The average Bonchev–Trinajstić information content (AvgIpc) is 3.09. The van der Waals surface area contributed by atoms with Crippen molar-refractivity contribution < 1.29 is 19.1 Å². The molecule has 130 valence electrons. The van der Waals surface area contributed by atoms with Gasteiger partial charge in [-0.3, -0.25) is 9.59 Å². The van der Waals surface area contributed by atoms with Crippen LogP contribution in [0.5, 0.6) is 0 Å². The summed E-state index contributed by atoms with van der Waals surface area (Å²) in [7, 11) is 1.41. The number of nitrogens with zero attached hydrogens (tertiary/aromatic N) is 1. The van der Waals surface area contributed by atoms with Gasteiger partial charge in [0, 0.05) is 18.3 Å². The summed E-state index contributed by atoms with van der Waals surface area (Å²) in [4.78, 5) is 26.1. The number of carbonyl (C=O) groups is 2. The summed E-state index contributed by atoms with van der Waals surface area (Å²) in [6.07, 6.45) is 2.95. The third-order valence-electron chi connectivity index (χ3n) is 5.59. The van der Waals surface area contributed by atoms with Crippen LogP contribution in [0, 0.1) is 5.41 Å². The van der Waals surface area contributed by atoms with Gasteiger partial charge in [0.2, 0.25) is 5.91 Å². The highest BCUT2D eigenvalue weighted by molar-refractivity contribution is 5.78. The predicted molar refractivity (Wildman–Crippen MR) is 89.0 cm³/mol. The Morgan fingerprint density at radius 2 is 2.12 bits per heavy atom. The van der Waals surface area contributed by atoms with Crippen LogP contribution in [0.4, 0.5) is 0 Å². The molecule has 0 radical (unpaired) electrons. The van der Waals surface area contributed by atoms with Crippen molar-refractivity contribution in [3.05, 3.63) is 35.9 Å². The lowest BCUT2D eigenvalue weighted by Gasteiger charge is -2.46. The second-order valence-electron chi connectivity index (χ2n) is 6.71. The van der Waals surface area contributed by atoms with E-state index in [-0.39, 0.29) is 29.6 Å². The van der Waals surface area contributed by atoms with Crippen LogP contribution in [-0.4, -0.2) is 36.7 Å². The van der Waals surface area contributed by atoms with Crippen molar-refractivity contribution >= 4 is 11.9 Å². The summed E-state index contributed by atoms with van der Waals surface area (Å²) in [5.41, 5.74) is 0.930. The molecule has 0 aromatic heterocycles. The summed E-state index contributed by atoms with van der Waals surface area (Å²) >= 11 is 0. The van der Waals surface area contributed by atoms with E-state index in [0.717, 1.165) is 18.4 Å². The Morgan fingerprint density at radius 1 is 1.38 bits per heavy atom. The van der Waals surface area contributed by atoms with Gasteiger partial charge in [-0.05, 0) is 24.8 Å². The predicted octanol–water partition coefficient (Wildman–Crippen LogP) is 3.06. The Morgan fingerprint density at radius 3 is 2.79 bits per heavy atom. The molecule has 2 saturated heterocycles. The van der Waals surface area contributed by atoms with Gasteiger partial charge in [0.1, 0.15) is 6.23 Å². The first-order valence-electron chi connectivity index (χ1n) is 8.66. The van der Waals surface area contributed by atoms with Crippen LogP contribution in [0.15, 0.2) is 30.3 Å². The largest absolute Gasteiger partial charge is 0.469 e. The first-order chi connectivity index (χ1) is 11.6. The number of piperidine rings is 1. The molecule has 0 aliphatic carbocycles. The number of ether oxygens (including phenoxy) is 2. The van der Waals surface area contributed by atoms with Crippen LogP contribution < -0.4 is 0 Å². The molecule has 0 N–H and O–H groups in total. The minimum Gasteiger partial charge on any atom is -0.469 e. The van der Waals surface area contributed by atoms with Crippen LogP contribution >= 0.6 is 0 Å². The van der Waals surface area contributed by atoms with E-state index in [2.05, 4.69) is 6.92 Å². The van der Waals surface area contributed by atoms with Crippen molar-refractivity contribution in [2.45, 2.75) is 51.3 Å². The Bertz CT molecular complexity index is 603. The van der Waals surface area contributed by atoms with Crippen LogP contribution in [0.2, 0.25) is 0 Å². The third-order valence-corrected chi connectivity index (χ3v) is 5.59. The van der Waals surface area contributed by atoms with E-state index >= 15 is 0 Å². The quantitative estimate of drug-likeness (QED) is 0.778. The molecule has 24 heavy (non-hydrogen) atoms. The fraction of sp³-hybridized carbons (Fsp3) is 0.579. The van der Waals surface area contributed by atoms with Gasteiger partial charge in [-0.15, -0.1) is 0 Å². The fourth-order valence-corrected chi connectivity index (χ4v) is 4.05. The molecule has 5 nitrogen and oxygen atoms in total. The molecule has 3 rings (SSSR count). The molecular weight excluding hydrogens is 306 g/mol. The van der Waals surface area contributed by atoms with Crippen molar-refractivity contribution in [3.8, 4) is 0 Å². The van der Waals surface area contributed by atoms with Crippen molar-refractivity contribution in [1.82, 2.24) is 4.90 Å². The molecule has 1 amide bonds. The van der Waals surface area contributed by atoms with E-state index in [1.165, 1.54) is 7.11 Å². The molecule has 2 heterocycles. The second-order valence-corrected chi connectivity index (χ2v) is 6.71. The molecule has 0 bridgehead atoms. The minimum absolute atomic E-state index is 0.0342. The topological polar surface area (TPSA) is 55.8 Å². The van der Waals surface area contributed by atoms with Gasteiger partial charge in [-0.1, -0.05) is 37.3 Å². The van der Waals surface area contributed by atoms with Gasteiger partial charge in [0.15, 0.2) is 0 Å². The molecule has 2 fully saturated rings. The van der Waals surface area contributed by atoms with Crippen molar-refractivity contribution in [2.75, 3.05) is 13.7 Å². The molecule has 2 aliphatic rings. The van der Waals surface area contributed by atoms with Crippen molar-refractivity contribution in [2.24, 2.45) is 5.41 Å². The maximum atomic E-state index is 12.6. The molecule has 0 spiro atoms. The lowest BCUT2D eigenvalue weighted by molar-refractivity contribution is -0.161. The second kappa shape index (κ2) is 6.93. The summed E-state index contributed by atoms with van der Waals surface area (Å²) in [6.45, 7) is 2.63. The van der Waals surface area contributed by atoms with Gasteiger partial charge in [-0.2, -0.15) is 0 Å². The maximum absolute atomic E-state index is 12.6. The van der Waals surface area contributed by atoms with Gasteiger partial charge >= 0.3 is 5.97 Å². The van der Waals surface area contributed by atoms with E-state index in [9.17, 15) is 9.59 Å². The summed E-state index contributed by atoms with van der Waals surface area (Å²) in [5.74, 6) is -0.0580. The Labute approximate surface area is 142 Å². The highest BCUT2D eigenvalue weighted by atomic mass is 16.5. The zero-order chi connectivity index (χ0) is 17.2. The number of hydrogen-bond acceptors (Lipinski definition) is 4.